The van der Waals surface area contributed by atoms with Gasteiger partial charge in [0.25, 0.3) is 0 Å². The Hall–Kier alpha value is -0.0751. The SMILES string of the molecule is BC1CCC(C2CCCC(F)C2F)CC1. The number of hydrogen-bond acceptors (Lipinski definition) is 0. The molecule has 0 spiro atoms. The van der Waals surface area contributed by atoms with E-state index in [1.54, 1.807) is 0 Å². The van der Waals surface area contributed by atoms with Gasteiger partial charge in [-0.05, 0) is 24.7 Å². The summed E-state index contributed by atoms with van der Waals surface area (Å²) in [6.45, 7) is 0. The van der Waals surface area contributed by atoms with Gasteiger partial charge in [-0.25, -0.2) is 8.78 Å². The molecule has 3 atom stereocenters. The van der Waals surface area contributed by atoms with E-state index in [2.05, 4.69) is 7.85 Å². The van der Waals surface area contributed by atoms with Crippen molar-refractivity contribution in [2.75, 3.05) is 0 Å². The second kappa shape index (κ2) is 4.84. The maximum Gasteiger partial charge on any atom is 0.134 e. The van der Waals surface area contributed by atoms with E-state index >= 15 is 0 Å². The van der Waals surface area contributed by atoms with Crippen LogP contribution in [0, 0.1) is 11.8 Å². The Bertz CT molecular complexity index is 202. The van der Waals surface area contributed by atoms with Crippen LogP contribution in [0.5, 0.6) is 0 Å². The van der Waals surface area contributed by atoms with E-state index in [9.17, 15) is 8.78 Å². The van der Waals surface area contributed by atoms with Crippen molar-refractivity contribution in [3.63, 3.8) is 0 Å². The van der Waals surface area contributed by atoms with Crippen molar-refractivity contribution in [1.82, 2.24) is 0 Å². The second-order valence-electron chi connectivity index (χ2n) is 5.58. The zero-order chi connectivity index (χ0) is 10.8. The summed E-state index contributed by atoms with van der Waals surface area (Å²) in [5, 5.41) is 0. The van der Waals surface area contributed by atoms with Crippen molar-refractivity contribution in [3.05, 3.63) is 0 Å². The minimum atomic E-state index is -1.18. The van der Waals surface area contributed by atoms with Crippen molar-refractivity contribution in [2.24, 2.45) is 11.8 Å². The van der Waals surface area contributed by atoms with Crippen molar-refractivity contribution in [3.8, 4) is 0 Å². The van der Waals surface area contributed by atoms with Crippen LogP contribution in [0.3, 0.4) is 0 Å². The molecule has 0 bridgehead atoms. The van der Waals surface area contributed by atoms with Crippen LogP contribution >= 0.6 is 0 Å². The molecular formula is C12H21BF2. The molecule has 0 heterocycles. The Morgan fingerprint density at radius 2 is 1.53 bits per heavy atom. The van der Waals surface area contributed by atoms with Crippen molar-refractivity contribution < 1.29 is 8.78 Å². The molecule has 2 aliphatic rings. The molecule has 2 rings (SSSR count). The third-order valence-electron chi connectivity index (χ3n) is 4.44. The highest BCUT2D eigenvalue weighted by Crippen LogP contribution is 2.42. The number of halogens is 2. The van der Waals surface area contributed by atoms with Gasteiger partial charge in [-0.2, -0.15) is 0 Å². The Kier molecular flexibility index (Phi) is 3.68. The second-order valence-corrected chi connectivity index (χ2v) is 5.58. The van der Waals surface area contributed by atoms with E-state index in [0.29, 0.717) is 12.3 Å². The van der Waals surface area contributed by atoms with Crippen molar-refractivity contribution in [2.45, 2.75) is 63.1 Å². The highest BCUT2D eigenvalue weighted by atomic mass is 19.2. The van der Waals surface area contributed by atoms with Gasteiger partial charge in [0.1, 0.15) is 20.2 Å². The van der Waals surface area contributed by atoms with E-state index in [1.807, 2.05) is 0 Å². The summed E-state index contributed by atoms with van der Waals surface area (Å²) in [5.74, 6) is 1.29. The van der Waals surface area contributed by atoms with Crippen molar-refractivity contribution in [1.29, 1.82) is 0 Å². The highest BCUT2D eigenvalue weighted by Gasteiger charge is 2.38. The molecule has 0 saturated heterocycles. The first kappa shape index (κ1) is 11.4. The fraction of sp³-hybridized carbons (Fsp3) is 1.00. The minimum Gasteiger partial charge on any atom is -0.244 e. The summed E-state index contributed by atoms with van der Waals surface area (Å²) in [6.07, 6.45) is 4.58. The quantitative estimate of drug-likeness (QED) is 0.588. The molecule has 0 N–H and O–H groups in total. The van der Waals surface area contributed by atoms with Gasteiger partial charge in [-0.3, -0.25) is 0 Å². The van der Waals surface area contributed by atoms with Crippen LogP contribution in [0.2, 0.25) is 5.82 Å². The van der Waals surface area contributed by atoms with Gasteiger partial charge in [-0.1, -0.05) is 37.9 Å². The summed E-state index contributed by atoms with van der Waals surface area (Å²) in [4.78, 5) is 0. The lowest BCUT2D eigenvalue weighted by atomic mass is 9.66. The van der Waals surface area contributed by atoms with Crippen molar-refractivity contribution >= 4 is 7.85 Å². The molecule has 0 aromatic rings. The highest BCUT2D eigenvalue weighted by molar-refractivity contribution is 6.11. The molecule has 2 fully saturated rings. The molecule has 3 unspecified atom stereocenters. The summed E-state index contributed by atoms with van der Waals surface area (Å²) in [6, 6.07) is 0. The molecule has 2 aliphatic carbocycles. The predicted molar refractivity (Wildman–Crippen MR) is 61.4 cm³/mol. The summed E-state index contributed by atoms with van der Waals surface area (Å²) >= 11 is 0. The summed E-state index contributed by atoms with van der Waals surface area (Å²) < 4.78 is 27.0. The van der Waals surface area contributed by atoms with Crippen LogP contribution in [-0.2, 0) is 0 Å². The van der Waals surface area contributed by atoms with Crippen LogP contribution in [0.4, 0.5) is 8.78 Å². The molecular weight excluding hydrogens is 193 g/mol. The van der Waals surface area contributed by atoms with E-state index in [1.165, 1.54) is 12.8 Å². The lowest BCUT2D eigenvalue weighted by Crippen LogP contribution is -2.37. The monoisotopic (exact) mass is 214 g/mol. The molecule has 15 heavy (non-hydrogen) atoms. The van der Waals surface area contributed by atoms with Crippen LogP contribution in [0.1, 0.15) is 44.9 Å². The standard InChI is InChI=1S/C12H21BF2/c13-9-6-4-8(5-7-9)10-2-1-3-11(14)12(10)15/h8-12H,1-7,13H2. The van der Waals surface area contributed by atoms with Crippen LogP contribution < -0.4 is 0 Å². The van der Waals surface area contributed by atoms with Gasteiger partial charge < -0.3 is 0 Å². The molecule has 0 nitrogen and oxygen atoms in total. The summed E-state index contributed by atoms with van der Waals surface area (Å²) in [5.41, 5.74) is 0. The van der Waals surface area contributed by atoms with Crippen LogP contribution in [0.15, 0.2) is 0 Å². The van der Waals surface area contributed by atoms with Gasteiger partial charge in [0.05, 0.1) is 0 Å². The number of hydrogen-bond donors (Lipinski definition) is 0. The largest absolute Gasteiger partial charge is 0.244 e. The van der Waals surface area contributed by atoms with E-state index in [-0.39, 0.29) is 5.92 Å². The Labute approximate surface area is 92.2 Å². The smallest absolute Gasteiger partial charge is 0.134 e. The van der Waals surface area contributed by atoms with E-state index < -0.39 is 12.3 Å². The zero-order valence-electron chi connectivity index (χ0n) is 9.59. The fourth-order valence-electron chi connectivity index (χ4n) is 3.34. The lowest BCUT2D eigenvalue weighted by molar-refractivity contribution is 0.0263. The average Bonchev–Trinajstić information content (AvgIpc) is 2.24. The number of alkyl halides is 2. The zero-order valence-corrected chi connectivity index (χ0v) is 9.59. The number of rotatable bonds is 1. The van der Waals surface area contributed by atoms with Gasteiger partial charge >= 0.3 is 0 Å². The topological polar surface area (TPSA) is 0 Å². The van der Waals surface area contributed by atoms with Crippen LogP contribution in [0.25, 0.3) is 0 Å². The molecule has 3 heteroatoms. The lowest BCUT2D eigenvalue weighted by Gasteiger charge is -2.38. The molecule has 0 aromatic heterocycles. The average molecular weight is 214 g/mol. The Morgan fingerprint density at radius 1 is 0.867 bits per heavy atom. The molecule has 0 aliphatic heterocycles. The first-order valence-electron chi connectivity index (χ1n) is 6.46. The maximum atomic E-state index is 13.7. The normalized spacial score (nSPS) is 47.7. The molecule has 86 valence electrons. The third-order valence-corrected chi connectivity index (χ3v) is 4.44. The van der Waals surface area contributed by atoms with Gasteiger partial charge in [0, 0.05) is 0 Å². The molecule has 0 aromatic carbocycles. The minimum absolute atomic E-state index is 0.0289. The molecule has 2 saturated carbocycles. The third kappa shape index (κ3) is 2.54. The fourth-order valence-corrected chi connectivity index (χ4v) is 3.34. The first-order chi connectivity index (χ1) is 7.18. The summed E-state index contributed by atoms with van der Waals surface area (Å²) in [7, 11) is 2.27. The van der Waals surface area contributed by atoms with E-state index in [0.717, 1.165) is 31.5 Å². The van der Waals surface area contributed by atoms with E-state index in [4.69, 9.17) is 0 Å². The van der Waals surface area contributed by atoms with Gasteiger partial charge in [0.15, 0.2) is 0 Å². The first-order valence-corrected chi connectivity index (χ1v) is 6.46. The Morgan fingerprint density at radius 3 is 2.20 bits per heavy atom. The molecule has 0 radical (unpaired) electrons. The predicted octanol–water partition coefficient (Wildman–Crippen LogP) is 3.07. The maximum absolute atomic E-state index is 13.7. The van der Waals surface area contributed by atoms with Gasteiger partial charge in [-0.15, -0.1) is 0 Å². The van der Waals surface area contributed by atoms with Gasteiger partial charge in [0.2, 0.25) is 0 Å². The Balaban J connectivity index is 1.91. The molecule has 0 amide bonds. The van der Waals surface area contributed by atoms with Crippen LogP contribution in [-0.4, -0.2) is 20.2 Å².